The molecule has 1 N–H and O–H groups in total. The first-order valence-electron chi connectivity index (χ1n) is 9.21. The highest BCUT2D eigenvalue weighted by Gasteiger charge is 2.24. The first kappa shape index (κ1) is 16.6. The fourth-order valence-corrected chi connectivity index (χ4v) is 3.23. The number of hydrogen-bond donors (Lipinski definition) is 1. The van der Waals surface area contributed by atoms with E-state index in [9.17, 15) is 4.79 Å². The van der Waals surface area contributed by atoms with Crippen LogP contribution in [0.25, 0.3) is 28.1 Å². The van der Waals surface area contributed by atoms with E-state index in [-0.39, 0.29) is 5.91 Å². The summed E-state index contributed by atoms with van der Waals surface area (Å²) in [4.78, 5) is 30.0. The van der Waals surface area contributed by atoms with Gasteiger partial charge in [0.15, 0.2) is 5.65 Å². The third-order valence-electron chi connectivity index (χ3n) is 4.91. The lowest BCUT2D eigenvalue weighted by Crippen LogP contribution is -2.25. The van der Waals surface area contributed by atoms with Crippen LogP contribution in [0.4, 0.5) is 0 Å². The number of benzene rings is 1. The summed E-state index contributed by atoms with van der Waals surface area (Å²) in [5.41, 5.74) is 5.55. The largest absolute Gasteiger partial charge is 0.349 e. The summed E-state index contributed by atoms with van der Waals surface area (Å²) in [6, 6.07) is 9.83. The Balaban J connectivity index is 1.61. The van der Waals surface area contributed by atoms with Gasteiger partial charge in [0.1, 0.15) is 23.9 Å². The SMILES string of the molecule is Cc1ccc(C(=O)NC2CC2)cc1-n1cnc2c(-c3cccnc3)ncnc21. The summed E-state index contributed by atoms with van der Waals surface area (Å²) in [5.74, 6) is -0.0427. The van der Waals surface area contributed by atoms with Gasteiger partial charge in [-0.15, -0.1) is 0 Å². The second kappa shape index (κ2) is 6.53. The molecule has 3 heterocycles. The average molecular weight is 370 g/mol. The molecule has 0 spiro atoms. The first-order valence-corrected chi connectivity index (χ1v) is 9.21. The van der Waals surface area contributed by atoms with Crippen LogP contribution in [0.3, 0.4) is 0 Å². The van der Waals surface area contributed by atoms with Crippen LogP contribution in [-0.4, -0.2) is 36.5 Å². The summed E-state index contributed by atoms with van der Waals surface area (Å²) in [5, 5.41) is 3.03. The molecule has 0 atom stereocenters. The lowest BCUT2D eigenvalue weighted by molar-refractivity contribution is 0.0951. The Morgan fingerprint density at radius 3 is 2.86 bits per heavy atom. The zero-order chi connectivity index (χ0) is 19.1. The second-order valence-corrected chi connectivity index (χ2v) is 7.00. The van der Waals surface area contributed by atoms with Gasteiger partial charge in [-0.05, 0) is 49.6 Å². The topological polar surface area (TPSA) is 85.6 Å². The van der Waals surface area contributed by atoms with Gasteiger partial charge in [-0.1, -0.05) is 6.07 Å². The molecule has 4 aromatic rings. The third-order valence-corrected chi connectivity index (χ3v) is 4.91. The van der Waals surface area contributed by atoms with Crippen LogP contribution in [0, 0.1) is 6.92 Å². The number of amides is 1. The number of rotatable bonds is 4. The molecule has 0 aliphatic heterocycles. The van der Waals surface area contributed by atoms with Gasteiger partial charge < -0.3 is 5.32 Å². The van der Waals surface area contributed by atoms with Gasteiger partial charge in [-0.2, -0.15) is 0 Å². The number of aryl methyl sites for hydroxylation is 1. The molecule has 5 rings (SSSR count). The minimum atomic E-state index is -0.0427. The fraction of sp³-hybridized carbons (Fsp3) is 0.190. The normalized spacial score (nSPS) is 13.6. The van der Waals surface area contributed by atoms with Crippen molar-refractivity contribution in [3.8, 4) is 16.9 Å². The number of aromatic nitrogens is 5. The molecule has 0 unspecified atom stereocenters. The summed E-state index contributed by atoms with van der Waals surface area (Å²) in [6.07, 6.45) is 8.86. The zero-order valence-electron chi connectivity index (χ0n) is 15.3. The van der Waals surface area contributed by atoms with Crippen LogP contribution >= 0.6 is 0 Å². The number of hydrogen-bond acceptors (Lipinski definition) is 5. The highest BCUT2D eigenvalue weighted by Crippen LogP contribution is 2.27. The fourth-order valence-electron chi connectivity index (χ4n) is 3.23. The van der Waals surface area contributed by atoms with E-state index in [4.69, 9.17) is 0 Å². The van der Waals surface area contributed by atoms with Crippen LogP contribution in [0.1, 0.15) is 28.8 Å². The lowest BCUT2D eigenvalue weighted by Gasteiger charge is -2.11. The highest BCUT2D eigenvalue weighted by molar-refractivity contribution is 5.95. The van der Waals surface area contributed by atoms with Crippen molar-refractivity contribution in [2.24, 2.45) is 0 Å². The molecule has 7 nitrogen and oxygen atoms in total. The monoisotopic (exact) mass is 370 g/mol. The molecular weight excluding hydrogens is 352 g/mol. The number of imidazole rings is 1. The predicted octanol–water partition coefficient (Wildman–Crippen LogP) is 3.08. The smallest absolute Gasteiger partial charge is 0.251 e. The van der Waals surface area contributed by atoms with Gasteiger partial charge >= 0.3 is 0 Å². The van der Waals surface area contributed by atoms with Crippen molar-refractivity contribution in [1.82, 2.24) is 29.8 Å². The molecule has 1 amide bonds. The van der Waals surface area contributed by atoms with E-state index in [2.05, 4.69) is 25.3 Å². The van der Waals surface area contributed by atoms with E-state index in [0.717, 1.165) is 35.3 Å². The van der Waals surface area contributed by atoms with Crippen molar-refractivity contribution < 1.29 is 4.79 Å². The standard InChI is InChI=1S/C21H18N6O/c1-13-4-5-14(21(28)26-16-6-7-16)9-17(13)27-12-25-19-18(23-11-24-20(19)27)15-3-2-8-22-10-15/h2-5,8-12,16H,6-7H2,1H3,(H,26,28). The van der Waals surface area contributed by atoms with Crippen molar-refractivity contribution in [1.29, 1.82) is 0 Å². The van der Waals surface area contributed by atoms with Crippen LogP contribution in [-0.2, 0) is 0 Å². The van der Waals surface area contributed by atoms with Crippen LogP contribution in [0.5, 0.6) is 0 Å². The molecule has 28 heavy (non-hydrogen) atoms. The van der Waals surface area contributed by atoms with Gasteiger partial charge in [0.2, 0.25) is 0 Å². The van der Waals surface area contributed by atoms with Gasteiger partial charge in [0.05, 0.1) is 5.69 Å². The Kier molecular flexibility index (Phi) is 3.86. The van der Waals surface area contributed by atoms with Crippen molar-refractivity contribution in [2.45, 2.75) is 25.8 Å². The van der Waals surface area contributed by atoms with Gasteiger partial charge in [0.25, 0.3) is 5.91 Å². The minimum absolute atomic E-state index is 0.0427. The van der Waals surface area contributed by atoms with Crippen molar-refractivity contribution >= 4 is 17.1 Å². The predicted molar refractivity (Wildman–Crippen MR) is 105 cm³/mol. The zero-order valence-corrected chi connectivity index (χ0v) is 15.3. The third kappa shape index (κ3) is 2.90. The molecule has 1 fully saturated rings. The van der Waals surface area contributed by atoms with Gasteiger partial charge in [-0.25, -0.2) is 15.0 Å². The Morgan fingerprint density at radius 2 is 2.07 bits per heavy atom. The lowest BCUT2D eigenvalue weighted by atomic mass is 10.1. The van der Waals surface area contributed by atoms with Crippen molar-refractivity contribution in [3.63, 3.8) is 0 Å². The van der Waals surface area contributed by atoms with Crippen molar-refractivity contribution in [3.05, 3.63) is 66.5 Å². The van der Waals surface area contributed by atoms with Gasteiger partial charge in [0, 0.05) is 29.6 Å². The molecule has 0 saturated heterocycles. The number of nitrogens with zero attached hydrogens (tertiary/aromatic N) is 5. The minimum Gasteiger partial charge on any atom is -0.349 e. The maximum Gasteiger partial charge on any atom is 0.251 e. The Labute approximate surface area is 161 Å². The van der Waals surface area contributed by atoms with E-state index < -0.39 is 0 Å². The summed E-state index contributed by atoms with van der Waals surface area (Å²) >= 11 is 0. The van der Waals surface area contributed by atoms with E-state index in [1.807, 2.05) is 41.8 Å². The van der Waals surface area contributed by atoms with Crippen LogP contribution in [0.2, 0.25) is 0 Å². The van der Waals surface area contributed by atoms with E-state index >= 15 is 0 Å². The molecule has 0 radical (unpaired) electrons. The molecule has 7 heteroatoms. The molecule has 1 aliphatic rings. The Hall–Kier alpha value is -3.61. The quantitative estimate of drug-likeness (QED) is 0.597. The number of carbonyl (C=O) groups excluding carboxylic acids is 1. The molecule has 138 valence electrons. The van der Waals surface area contributed by atoms with E-state index in [1.54, 1.807) is 18.7 Å². The maximum atomic E-state index is 12.5. The average Bonchev–Trinajstić information content (AvgIpc) is 3.44. The molecule has 1 aliphatic carbocycles. The summed E-state index contributed by atoms with van der Waals surface area (Å²) in [6.45, 7) is 2.01. The highest BCUT2D eigenvalue weighted by atomic mass is 16.1. The van der Waals surface area contributed by atoms with Crippen LogP contribution in [0.15, 0.2) is 55.4 Å². The molecule has 1 saturated carbocycles. The number of fused-ring (bicyclic) bond motifs is 1. The summed E-state index contributed by atoms with van der Waals surface area (Å²) in [7, 11) is 0. The first-order chi connectivity index (χ1) is 13.7. The maximum absolute atomic E-state index is 12.5. The van der Waals surface area contributed by atoms with Crippen LogP contribution < -0.4 is 5.32 Å². The Morgan fingerprint density at radius 1 is 1.18 bits per heavy atom. The van der Waals surface area contributed by atoms with E-state index in [1.165, 1.54) is 6.33 Å². The van der Waals surface area contributed by atoms with Crippen molar-refractivity contribution in [2.75, 3.05) is 0 Å². The molecule has 1 aromatic carbocycles. The Bertz CT molecular complexity index is 1180. The molecule has 3 aromatic heterocycles. The van der Waals surface area contributed by atoms with Gasteiger partial charge in [-0.3, -0.25) is 14.3 Å². The molecule has 0 bridgehead atoms. The number of nitrogens with one attached hydrogen (secondary N) is 1. The summed E-state index contributed by atoms with van der Waals surface area (Å²) < 4.78 is 1.90. The second-order valence-electron chi connectivity index (χ2n) is 7.00. The van der Waals surface area contributed by atoms with E-state index in [0.29, 0.717) is 22.8 Å². The number of carbonyl (C=O) groups is 1. The molecular formula is C21H18N6O. The number of pyridine rings is 1.